The van der Waals surface area contributed by atoms with E-state index in [1.807, 2.05) is 0 Å². The highest BCUT2D eigenvalue weighted by Gasteiger charge is 1.88. The summed E-state index contributed by atoms with van der Waals surface area (Å²) in [6.07, 6.45) is 5.76. The molecule has 0 aliphatic heterocycles. The number of rotatable bonds is 4. The lowest BCUT2D eigenvalue weighted by atomic mass is 10.1. The van der Waals surface area contributed by atoms with Crippen molar-refractivity contribution in [2.24, 2.45) is 0 Å². The molecule has 0 nitrogen and oxygen atoms in total. The molecule has 0 aromatic rings. The van der Waals surface area contributed by atoms with Crippen LogP contribution in [0, 0.1) is 0 Å². The van der Waals surface area contributed by atoms with E-state index in [-0.39, 0.29) is 0 Å². The molecule has 0 N–H and O–H groups in total. The summed E-state index contributed by atoms with van der Waals surface area (Å²) < 4.78 is 0. The first-order chi connectivity index (χ1) is 4.66. The van der Waals surface area contributed by atoms with Crippen LogP contribution in [0.5, 0.6) is 0 Å². The van der Waals surface area contributed by atoms with E-state index in [0.717, 1.165) is 12.8 Å². The van der Waals surface area contributed by atoms with Gasteiger partial charge in [0.15, 0.2) is 0 Å². The number of hydrogen-bond acceptors (Lipinski definition) is 0. The Bertz CT molecular complexity index is 129. The highest BCUT2D eigenvalue weighted by atomic mass is 13.9. The standard InChI is InChI=1S/C10H18/c1-5-6-10(4)8-7-9(2)3/h6H,2,5,7-8H2,1,3-4H3. The largest absolute Gasteiger partial charge is 0.100 e. The second-order valence-electron chi connectivity index (χ2n) is 2.92. The Hall–Kier alpha value is -0.520. The fourth-order valence-corrected chi connectivity index (χ4v) is 0.861. The van der Waals surface area contributed by atoms with Gasteiger partial charge in [-0.3, -0.25) is 0 Å². The quantitative estimate of drug-likeness (QED) is 0.520. The van der Waals surface area contributed by atoms with Gasteiger partial charge < -0.3 is 0 Å². The summed E-state index contributed by atoms with van der Waals surface area (Å²) in [5.41, 5.74) is 2.77. The van der Waals surface area contributed by atoms with Crippen molar-refractivity contribution in [2.45, 2.75) is 40.0 Å². The zero-order chi connectivity index (χ0) is 7.98. The topological polar surface area (TPSA) is 0 Å². The van der Waals surface area contributed by atoms with Gasteiger partial charge in [-0.1, -0.05) is 24.1 Å². The lowest BCUT2D eigenvalue weighted by Crippen LogP contribution is -1.78. The van der Waals surface area contributed by atoms with Crippen LogP contribution in [0.2, 0.25) is 0 Å². The maximum atomic E-state index is 3.86. The first-order valence-corrected chi connectivity index (χ1v) is 3.96. The van der Waals surface area contributed by atoms with Crippen molar-refractivity contribution in [3.05, 3.63) is 23.8 Å². The fraction of sp³-hybridized carbons (Fsp3) is 0.600. The first-order valence-electron chi connectivity index (χ1n) is 3.96. The Labute approximate surface area is 64.6 Å². The maximum Gasteiger partial charge on any atom is -0.0286 e. The van der Waals surface area contributed by atoms with Crippen LogP contribution in [-0.4, -0.2) is 0 Å². The van der Waals surface area contributed by atoms with E-state index in [4.69, 9.17) is 0 Å². The molecule has 0 saturated heterocycles. The Morgan fingerprint density at radius 1 is 1.30 bits per heavy atom. The smallest absolute Gasteiger partial charge is 0.0286 e. The van der Waals surface area contributed by atoms with Crippen molar-refractivity contribution in [3.8, 4) is 0 Å². The van der Waals surface area contributed by atoms with Crippen molar-refractivity contribution < 1.29 is 0 Å². The predicted molar refractivity (Wildman–Crippen MR) is 48.1 cm³/mol. The molecule has 0 heterocycles. The van der Waals surface area contributed by atoms with Crippen LogP contribution in [0.1, 0.15) is 40.0 Å². The summed E-state index contributed by atoms with van der Waals surface area (Å²) >= 11 is 0. The summed E-state index contributed by atoms with van der Waals surface area (Å²) in [6.45, 7) is 10.3. The van der Waals surface area contributed by atoms with Gasteiger partial charge in [0.25, 0.3) is 0 Å². The minimum Gasteiger partial charge on any atom is -0.100 e. The summed E-state index contributed by atoms with van der Waals surface area (Å²) in [5, 5.41) is 0. The van der Waals surface area contributed by atoms with Crippen molar-refractivity contribution >= 4 is 0 Å². The molecule has 0 bridgehead atoms. The average molecular weight is 138 g/mol. The predicted octanol–water partition coefficient (Wildman–Crippen LogP) is 3.70. The van der Waals surface area contributed by atoms with E-state index < -0.39 is 0 Å². The third kappa shape index (κ3) is 5.61. The van der Waals surface area contributed by atoms with E-state index >= 15 is 0 Å². The van der Waals surface area contributed by atoms with Gasteiger partial charge in [0.05, 0.1) is 0 Å². The van der Waals surface area contributed by atoms with Crippen LogP contribution >= 0.6 is 0 Å². The second-order valence-corrected chi connectivity index (χ2v) is 2.92. The number of hydrogen-bond donors (Lipinski definition) is 0. The Kier molecular flexibility index (Phi) is 5.00. The molecule has 0 aliphatic carbocycles. The molecule has 0 saturated carbocycles. The van der Waals surface area contributed by atoms with Gasteiger partial charge in [0.2, 0.25) is 0 Å². The third-order valence-corrected chi connectivity index (χ3v) is 1.50. The van der Waals surface area contributed by atoms with Gasteiger partial charge in [-0.25, -0.2) is 0 Å². The van der Waals surface area contributed by atoms with E-state index in [2.05, 4.69) is 33.4 Å². The van der Waals surface area contributed by atoms with E-state index in [1.54, 1.807) is 0 Å². The molecule has 0 unspecified atom stereocenters. The van der Waals surface area contributed by atoms with Gasteiger partial charge >= 0.3 is 0 Å². The molecule has 0 aromatic heterocycles. The molecule has 10 heavy (non-hydrogen) atoms. The molecule has 0 fully saturated rings. The van der Waals surface area contributed by atoms with Gasteiger partial charge in [-0.2, -0.15) is 0 Å². The molecule has 58 valence electrons. The minimum atomic E-state index is 1.14. The van der Waals surface area contributed by atoms with Crippen molar-refractivity contribution in [1.82, 2.24) is 0 Å². The Morgan fingerprint density at radius 3 is 2.30 bits per heavy atom. The molecule has 0 amide bonds. The third-order valence-electron chi connectivity index (χ3n) is 1.50. The Morgan fingerprint density at radius 2 is 1.90 bits per heavy atom. The Balaban J connectivity index is 3.48. The molecule has 0 spiro atoms. The molecule has 0 heteroatoms. The molecule has 0 atom stereocenters. The van der Waals surface area contributed by atoms with Crippen LogP contribution in [0.25, 0.3) is 0 Å². The molecule has 0 radical (unpaired) electrons. The summed E-state index contributed by atoms with van der Waals surface area (Å²) in [7, 11) is 0. The lowest BCUT2D eigenvalue weighted by molar-refractivity contribution is 0.917. The van der Waals surface area contributed by atoms with E-state index in [0.29, 0.717) is 0 Å². The summed E-state index contributed by atoms with van der Waals surface area (Å²) in [6, 6.07) is 0. The zero-order valence-corrected chi connectivity index (χ0v) is 7.41. The second kappa shape index (κ2) is 5.28. The van der Waals surface area contributed by atoms with Gasteiger partial charge in [-0.15, -0.1) is 6.58 Å². The van der Waals surface area contributed by atoms with Gasteiger partial charge in [0, 0.05) is 0 Å². The van der Waals surface area contributed by atoms with Crippen LogP contribution < -0.4 is 0 Å². The molecular formula is C10H18. The normalized spacial score (nSPS) is 11.7. The minimum absolute atomic E-state index is 1.14. The van der Waals surface area contributed by atoms with Crippen molar-refractivity contribution in [2.75, 3.05) is 0 Å². The average Bonchev–Trinajstić information content (AvgIpc) is 1.85. The fourth-order valence-electron chi connectivity index (χ4n) is 0.861. The van der Waals surface area contributed by atoms with Crippen molar-refractivity contribution in [1.29, 1.82) is 0 Å². The SMILES string of the molecule is C=C(C)CCC(C)=CCC. The number of allylic oxidation sites excluding steroid dienone is 3. The van der Waals surface area contributed by atoms with Crippen LogP contribution in [0.15, 0.2) is 23.8 Å². The van der Waals surface area contributed by atoms with Gasteiger partial charge in [0.1, 0.15) is 0 Å². The molecular weight excluding hydrogens is 120 g/mol. The van der Waals surface area contributed by atoms with Crippen LogP contribution in [-0.2, 0) is 0 Å². The first kappa shape index (κ1) is 9.48. The van der Waals surface area contributed by atoms with Crippen LogP contribution in [0.3, 0.4) is 0 Å². The van der Waals surface area contributed by atoms with Crippen LogP contribution in [0.4, 0.5) is 0 Å². The molecule has 0 aliphatic rings. The molecule has 0 aromatic carbocycles. The maximum absolute atomic E-state index is 3.86. The zero-order valence-electron chi connectivity index (χ0n) is 7.41. The highest BCUT2D eigenvalue weighted by Crippen LogP contribution is 2.09. The van der Waals surface area contributed by atoms with Crippen molar-refractivity contribution in [3.63, 3.8) is 0 Å². The van der Waals surface area contributed by atoms with E-state index in [9.17, 15) is 0 Å². The summed E-state index contributed by atoms with van der Waals surface area (Å²) in [5.74, 6) is 0. The summed E-state index contributed by atoms with van der Waals surface area (Å²) in [4.78, 5) is 0. The van der Waals surface area contributed by atoms with Gasteiger partial charge in [-0.05, 0) is 33.1 Å². The lowest BCUT2D eigenvalue weighted by Gasteiger charge is -1.99. The monoisotopic (exact) mass is 138 g/mol. The molecule has 0 rings (SSSR count). The highest BCUT2D eigenvalue weighted by molar-refractivity contribution is 5.01. The van der Waals surface area contributed by atoms with E-state index in [1.165, 1.54) is 17.6 Å².